The summed E-state index contributed by atoms with van der Waals surface area (Å²) >= 11 is 3.02. The highest BCUT2D eigenvalue weighted by atomic mass is 32.2. The number of nitrogens with zero attached hydrogens (tertiary/aromatic N) is 4. The highest BCUT2D eigenvalue weighted by Gasteiger charge is 2.60. The minimum Gasteiger partial charge on any atom is -0.427 e. The van der Waals surface area contributed by atoms with Crippen LogP contribution in [0.3, 0.4) is 0 Å². The van der Waals surface area contributed by atoms with Crippen molar-refractivity contribution < 1.29 is 29.0 Å². The van der Waals surface area contributed by atoms with Gasteiger partial charge in [0.05, 0.1) is 30.0 Å². The van der Waals surface area contributed by atoms with Crippen LogP contribution >= 0.6 is 23.5 Å². The van der Waals surface area contributed by atoms with E-state index in [1.807, 2.05) is 6.92 Å². The zero-order valence-corrected chi connectivity index (χ0v) is 21.3. The Hall–Kier alpha value is -2.25. The molecule has 0 aliphatic carbocycles. The molecule has 4 rings (SSSR count). The van der Waals surface area contributed by atoms with E-state index in [0.29, 0.717) is 6.54 Å². The number of nitrogen functional groups attached to an aromatic ring is 1. The van der Waals surface area contributed by atoms with Gasteiger partial charge in [0, 0.05) is 21.8 Å². The number of aliphatic hydroxyl groups excluding tert-OH is 1. The number of anilines is 1. The smallest absolute Gasteiger partial charge is 0.358 e. The van der Waals surface area contributed by atoms with E-state index in [2.05, 4.69) is 10.1 Å². The molecule has 1 unspecified atom stereocenters. The summed E-state index contributed by atoms with van der Waals surface area (Å²) in [6.45, 7) is 8.62. The summed E-state index contributed by atoms with van der Waals surface area (Å²) in [6, 6.07) is -0.330. The maximum absolute atomic E-state index is 13.1. The molecule has 13 heteroatoms. The SMILES string of the molecule is C[C@@H](O)[C@H]1C(=O)N2C(C(=O)OCOC(=O)C(C)(C)C)=C(SC3CSc4nc(N)nn4C3)[C@H](C)[C@H]12. The average Bonchev–Trinajstić information content (AvgIpc) is 3.21. The molecule has 186 valence electrons. The number of carbonyl (C=O) groups is 3. The van der Waals surface area contributed by atoms with Crippen LogP contribution in [0, 0.1) is 17.3 Å². The molecule has 1 aromatic heterocycles. The number of nitrogens with two attached hydrogens (primary N) is 1. The quantitative estimate of drug-likeness (QED) is 0.322. The molecule has 34 heavy (non-hydrogen) atoms. The first-order valence-corrected chi connectivity index (χ1v) is 12.9. The number of hydrogen-bond acceptors (Lipinski definition) is 11. The van der Waals surface area contributed by atoms with E-state index in [4.69, 9.17) is 15.2 Å². The number of fused-ring (bicyclic) bond motifs is 2. The number of ether oxygens (including phenoxy) is 2. The molecule has 3 aliphatic rings. The lowest BCUT2D eigenvalue weighted by Crippen LogP contribution is -2.63. The normalized spacial score (nSPS) is 27.1. The number of carbonyl (C=O) groups excluding carboxylic acids is 3. The first-order valence-electron chi connectivity index (χ1n) is 11.0. The molecule has 0 aromatic carbocycles. The molecule has 1 amide bonds. The third-order valence-corrected chi connectivity index (χ3v) is 8.83. The molecule has 3 N–H and O–H groups in total. The van der Waals surface area contributed by atoms with Gasteiger partial charge in [0.1, 0.15) is 5.70 Å². The van der Waals surface area contributed by atoms with Crippen LogP contribution in [0.1, 0.15) is 34.6 Å². The van der Waals surface area contributed by atoms with Gasteiger partial charge >= 0.3 is 11.9 Å². The van der Waals surface area contributed by atoms with Gasteiger partial charge in [-0.1, -0.05) is 18.7 Å². The average molecular weight is 512 g/mol. The molecule has 5 atom stereocenters. The van der Waals surface area contributed by atoms with E-state index in [1.165, 1.54) is 28.4 Å². The summed E-state index contributed by atoms with van der Waals surface area (Å²) in [5.74, 6) is -1.37. The van der Waals surface area contributed by atoms with Crippen LogP contribution in [0.5, 0.6) is 0 Å². The third-order valence-electron chi connectivity index (χ3n) is 6.02. The summed E-state index contributed by atoms with van der Waals surface area (Å²) in [7, 11) is 0. The van der Waals surface area contributed by atoms with Crippen LogP contribution in [0.2, 0.25) is 0 Å². The topological polar surface area (TPSA) is 150 Å². The van der Waals surface area contributed by atoms with Gasteiger partial charge in [0.25, 0.3) is 0 Å². The van der Waals surface area contributed by atoms with Crippen LogP contribution in [0.15, 0.2) is 15.8 Å². The van der Waals surface area contributed by atoms with Crippen molar-refractivity contribution in [3.63, 3.8) is 0 Å². The second-order valence-corrected chi connectivity index (χ2v) is 12.0. The number of amides is 1. The van der Waals surface area contributed by atoms with E-state index in [-0.39, 0.29) is 34.8 Å². The second kappa shape index (κ2) is 9.08. The van der Waals surface area contributed by atoms with E-state index in [1.54, 1.807) is 32.4 Å². The lowest BCUT2D eigenvalue weighted by molar-refractivity contribution is -0.175. The third kappa shape index (κ3) is 4.40. The Labute approximate surface area is 205 Å². The largest absolute Gasteiger partial charge is 0.427 e. The predicted octanol–water partition coefficient (Wildman–Crippen LogP) is 1.23. The van der Waals surface area contributed by atoms with Crippen molar-refractivity contribution in [3.8, 4) is 0 Å². The van der Waals surface area contributed by atoms with Crippen molar-refractivity contribution in [3.05, 3.63) is 10.6 Å². The highest BCUT2D eigenvalue weighted by Crippen LogP contribution is 2.52. The minimum atomic E-state index is -0.837. The van der Waals surface area contributed by atoms with Gasteiger partial charge in [0.15, 0.2) is 5.16 Å². The van der Waals surface area contributed by atoms with Gasteiger partial charge < -0.3 is 25.2 Å². The van der Waals surface area contributed by atoms with Crippen LogP contribution in [-0.2, 0) is 30.4 Å². The van der Waals surface area contributed by atoms with Crippen LogP contribution in [0.4, 0.5) is 5.95 Å². The summed E-state index contributed by atoms with van der Waals surface area (Å²) < 4.78 is 12.1. The number of thioether (sulfide) groups is 2. The van der Waals surface area contributed by atoms with Gasteiger partial charge in [-0.05, 0) is 27.7 Å². The Morgan fingerprint density at radius 2 is 2.06 bits per heavy atom. The predicted molar refractivity (Wildman–Crippen MR) is 125 cm³/mol. The van der Waals surface area contributed by atoms with E-state index in [0.717, 1.165) is 15.8 Å². The molecule has 1 aromatic rings. The number of esters is 2. The van der Waals surface area contributed by atoms with Crippen LogP contribution < -0.4 is 5.73 Å². The monoisotopic (exact) mass is 511 g/mol. The maximum Gasteiger partial charge on any atom is 0.358 e. The zero-order chi connectivity index (χ0) is 24.9. The lowest BCUT2D eigenvalue weighted by Gasteiger charge is -2.46. The Morgan fingerprint density at radius 3 is 2.71 bits per heavy atom. The van der Waals surface area contributed by atoms with Crippen molar-refractivity contribution in [1.82, 2.24) is 19.7 Å². The van der Waals surface area contributed by atoms with E-state index < -0.39 is 36.2 Å². The Balaban J connectivity index is 1.54. The number of aromatic nitrogens is 3. The highest BCUT2D eigenvalue weighted by molar-refractivity contribution is 8.05. The molecule has 1 saturated heterocycles. The molecule has 11 nitrogen and oxygen atoms in total. The summed E-state index contributed by atoms with van der Waals surface area (Å²) in [5.41, 5.74) is 5.13. The van der Waals surface area contributed by atoms with E-state index >= 15 is 0 Å². The molecule has 3 aliphatic heterocycles. The number of aliphatic hydroxyl groups is 1. The Bertz CT molecular complexity index is 1050. The minimum absolute atomic E-state index is 0.0522. The van der Waals surface area contributed by atoms with Crippen molar-refractivity contribution in [2.45, 2.75) is 63.7 Å². The molecule has 0 saturated carbocycles. The number of β-lactam (4-membered cyclic amide) rings is 1. The number of hydrogen-bond donors (Lipinski definition) is 2. The molecular formula is C21H29N5O6S2. The van der Waals surface area contributed by atoms with Crippen molar-refractivity contribution in [2.75, 3.05) is 18.3 Å². The van der Waals surface area contributed by atoms with Crippen molar-refractivity contribution in [2.24, 2.45) is 17.3 Å². The van der Waals surface area contributed by atoms with Crippen LogP contribution in [-0.4, -0.2) is 72.6 Å². The van der Waals surface area contributed by atoms with Gasteiger partial charge in [-0.2, -0.15) is 4.98 Å². The molecular weight excluding hydrogens is 482 g/mol. The molecule has 0 spiro atoms. The van der Waals surface area contributed by atoms with Gasteiger partial charge in [-0.15, -0.1) is 16.9 Å². The first kappa shape index (κ1) is 24.9. The molecule has 1 fully saturated rings. The molecule has 4 heterocycles. The van der Waals surface area contributed by atoms with Gasteiger partial charge in [-0.3, -0.25) is 9.59 Å². The fraction of sp³-hybridized carbons (Fsp3) is 0.667. The summed E-state index contributed by atoms with van der Waals surface area (Å²) in [4.78, 5) is 44.3. The number of rotatable bonds is 6. The van der Waals surface area contributed by atoms with E-state index in [9.17, 15) is 19.5 Å². The van der Waals surface area contributed by atoms with Gasteiger partial charge in [-0.25, -0.2) is 9.48 Å². The van der Waals surface area contributed by atoms with Crippen LogP contribution in [0.25, 0.3) is 0 Å². The second-order valence-electron chi connectivity index (χ2n) is 9.68. The maximum atomic E-state index is 13.1. The van der Waals surface area contributed by atoms with Gasteiger partial charge in [0.2, 0.25) is 18.6 Å². The Morgan fingerprint density at radius 1 is 1.35 bits per heavy atom. The summed E-state index contributed by atoms with van der Waals surface area (Å²) in [5, 5.41) is 15.2. The van der Waals surface area contributed by atoms with Crippen molar-refractivity contribution >= 4 is 47.3 Å². The first-order chi connectivity index (χ1) is 15.9. The zero-order valence-electron chi connectivity index (χ0n) is 19.7. The summed E-state index contributed by atoms with van der Waals surface area (Å²) in [6.07, 6.45) is -0.837. The Kier molecular flexibility index (Phi) is 6.64. The fourth-order valence-electron chi connectivity index (χ4n) is 4.32. The standard InChI is InChI=1S/C21H29N5O6S2/c1-9-13-12(10(2)27)16(28)26(13)14(17(29)31-8-32-18(30)21(3,4)5)15(9)34-11-6-25-20(33-7-11)23-19(22)24-25/h9-13,27H,6-8H2,1-5H3,(H2,22,24)/t9-,10-,11?,12-,13-/m1/s1. The lowest BCUT2D eigenvalue weighted by atomic mass is 9.79. The molecule has 0 bridgehead atoms. The fourth-order valence-corrected chi connectivity index (χ4v) is 6.89. The van der Waals surface area contributed by atoms with Crippen molar-refractivity contribution in [1.29, 1.82) is 0 Å². The molecule has 0 radical (unpaired) electrons.